The highest BCUT2D eigenvalue weighted by Crippen LogP contribution is 2.57. The average molecular weight is 413 g/mol. The summed E-state index contributed by atoms with van der Waals surface area (Å²) in [6, 6.07) is 17.5. The Labute approximate surface area is 178 Å². The molecule has 2 aromatic carbocycles. The van der Waals surface area contributed by atoms with Crippen LogP contribution in [0.15, 0.2) is 48.5 Å². The minimum absolute atomic E-state index is 0.139. The summed E-state index contributed by atoms with van der Waals surface area (Å²) in [7, 11) is 3.34. The van der Waals surface area contributed by atoms with Crippen LogP contribution in [0, 0.1) is 17.8 Å². The molecule has 1 aliphatic rings. The molecule has 158 valence electrons. The van der Waals surface area contributed by atoms with E-state index in [9.17, 15) is 0 Å². The lowest BCUT2D eigenvalue weighted by molar-refractivity contribution is 0.240. The van der Waals surface area contributed by atoms with Crippen LogP contribution in [0.2, 0.25) is 0 Å². The highest BCUT2D eigenvalue weighted by molar-refractivity contribution is 7.56. The van der Waals surface area contributed by atoms with Crippen molar-refractivity contribution in [3.8, 4) is 11.5 Å². The largest absolute Gasteiger partial charge is 0.497 e. The molecule has 0 radical (unpaired) electrons. The molecule has 1 saturated carbocycles. The molecule has 3 heteroatoms. The second-order valence-electron chi connectivity index (χ2n) is 8.99. The van der Waals surface area contributed by atoms with E-state index in [4.69, 9.17) is 9.47 Å². The predicted molar refractivity (Wildman–Crippen MR) is 125 cm³/mol. The van der Waals surface area contributed by atoms with Gasteiger partial charge in [0.15, 0.2) is 0 Å². The Bertz CT molecular complexity index is 689. The van der Waals surface area contributed by atoms with Crippen LogP contribution in [0.3, 0.4) is 0 Å². The predicted octanol–water partition coefficient (Wildman–Crippen LogP) is 7.35. The Balaban J connectivity index is 1.85. The van der Waals surface area contributed by atoms with Crippen molar-refractivity contribution in [1.82, 2.24) is 0 Å². The Morgan fingerprint density at radius 1 is 0.828 bits per heavy atom. The van der Waals surface area contributed by atoms with Gasteiger partial charge in [0.25, 0.3) is 0 Å². The molecule has 0 bridgehead atoms. The van der Waals surface area contributed by atoms with Crippen molar-refractivity contribution < 1.29 is 9.47 Å². The molecule has 0 heterocycles. The zero-order chi connectivity index (χ0) is 20.8. The van der Waals surface area contributed by atoms with Crippen molar-refractivity contribution in [2.75, 3.05) is 14.2 Å². The van der Waals surface area contributed by atoms with Crippen LogP contribution in [0.1, 0.15) is 51.2 Å². The summed E-state index contributed by atoms with van der Waals surface area (Å²) in [5.41, 5.74) is 3.75. The molecule has 0 spiro atoms. The summed E-state index contributed by atoms with van der Waals surface area (Å²) in [6.07, 6.45) is 6.58. The quantitative estimate of drug-likeness (QED) is 0.422. The van der Waals surface area contributed by atoms with Crippen molar-refractivity contribution in [3.63, 3.8) is 0 Å². The zero-order valence-electron chi connectivity index (χ0n) is 18.7. The molecule has 2 nitrogen and oxygen atoms in total. The monoisotopic (exact) mass is 412 g/mol. The summed E-state index contributed by atoms with van der Waals surface area (Å²) in [5.74, 6) is 4.36. The molecule has 29 heavy (non-hydrogen) atoms. The first kappa shape index (κ1) is 22.2. The van der Waals surface area contributed by atoms with E-state index in [1.807, 2.05) is 0 Å². The smallest absolute Gasteiger partial charge is 0.118 e. The third-order valence-electron chi connectivity index (χ3n) is 6.55. The molecule has 0 N–H and O–H groups in total. The van der Waals surface area contributed by atoms with Crippen LogP contribution in [0.4, 0.5) is 0 Å². The van der Waals surface area contributed by atoms with E-state index in [1.54, 1.807) is 14.2 Å². The Morgan fingerprint density at radius 2 is 1.31 bits per heavy atom. The number of ether oxygens (including phenoxy) is 2. The summed E-state index contributed by atoms with van der Waals surface area (Å²) >= 11 is 0. The van der Waals surface area contributed by atoms with E-state index >= 15 is 0 Å². The number of benzene rings is 2. The third-order valence-corrected chi connectivity index (χ3v) is 9.62. The van der Waals surface area contributed by atoms with Crippen LogP contribution < -0.4 is 9.47 Å². The van der Waals surface area contributed by atoms with E-state index in [0.29, 0.717) is 0 Å². The molecular weight excluding hydrogens is 375 g/mol. The van der Waals surface area contributed by atoms with Crippen molar-refractivity contribution in [3.05, 3.63) is 59.7 Å². The van der Waals surface area contributed by atoms with Gasteiger partial charge in [-0.25, -0.2) is 0 Å². The van der Waals surface area contributed by atoms with Gasteiger partial charge in [0.1, 0.15) is 11.5 Å². The number of hydrogen-bond acceptors (Lipinski definition) is 2. The molecule has 0 aromatic heterocycles. The molecule has 3 rings (SSSR count). The highest BCUT2D eigenvalue weighted by atomic mass is 31.1. The molecule has 1 fully saturated rings. The van der Waals surface area contributed by atoms with E-state index in [0.717, 1.165) is 34.9 Å². The van der Waals surface area contributed by atoms with Crippen molar-refractivity contribution in [2.45, 2.75) is 58.0 Å². The van der Waals surface area contributed by atoms with Gasteiger partial charge < -0.3 is 9.47 Å². The van der Waals surface area contributed by atoms with Crippen LogP contribution in [0.5, 0.6) is 11.5 Å². The lowest BCUT2D eigenvalue weighted by atomic mass is 9.77. The van der Waals surface area contributed by atoms with Gasteiger partial charge in [-0.3, -0.25) is 0 Å². The average Bonchev–Trinajstić information content (AvgIpc) is 2.74. The fraction of sp³-hybridized carbons (Fsp3) is 0.538. The zero-order valence-corrected chi connectivity index (χ0v) is 19.6. The molecule has 0 aliphatic heterocycles. The normalized spacial score (nSPS) is 22.1. The van der Waals surface area contributed by atoms with Gasteiger partial charge in [0.2, 0.25) is 0 Å². The molecule has 1 aliphatic carbocycles. The number of rotatable bonds is 8. The minimum atomic E-state index is -0.139. The fourth-order valence-corrected chi connectivity index (χ4v) is 8.43. The van der Waals surface area contributed by atoms with Gasteiger partial charge in [-0.05, 0) is 84.0 Å². The van der Waals surface area contributed by atoms with E-state index in [2.05, 4.69) is 69.3 Å². The van der Waals surface area contributed by atoms with E-state index in [1.165, 1.54) is 42.7 Å². The van der Waals surface area contributed by atoms with Gasteiger partial charge >= 0.3 is 0 Å². The second-order valence-corrected chi connectivity index (χ2v) is 11.5. The van der Waals surface area contributed by atoms with Gasteiger partial charge in [-0.15, -0.1) is 0 Å². The molecular formula is C26H37O2P. The minimum Gasteiger partial charge on any atom is -0.497 e. The summed E-state index contributed by atoms with van der Waals surface area (Å²) < 4.78 is 10.7. The Kier molecular flexibility index (Phi) is 8.01. The highest BCUT2D eigenvalue weighted by Gasteiger charge is 2.35. The lowest BCUT2D eigenvalue weighted by Gasteiger charge is -2.42. The first-order valence-corrected chi connectivity index (χ1v) is 12.8. The Morgan fingerprint density at radius 3 is 1.72 bits per heavy atom. The van der Waals surface area contributed by atoms with Crippen molar-refractivity contribution in [1.29, 1.82) is 0 Å². The SMILES string of the molecule is COc1ccc(CP(Cc2ccc(OC)cc2)C2CC(C)CCC2C(C)C)cc1. The lowest BCUT2D eigenvalue weighted by Crippen LogP contribution is -2.31. The van der Waals surface area contributed by atoms with Gasteiger partial charge in [0.05, 0.1) is 14.2 Å². The molecule has 3 unspecified atom stereocenters. The summed E-state index contributed by atoms with van der Waals surface area (Å²) in [5, 5.41) is 0. The molecule has 2 aromatic rings. The summed E-state index contributed by atoms with van der Waals surface area (Å²) in [4.78, 5) is 0. The van der Waals surface area contributed by atoms with Crippen LogP contribution >= 0.6 is 7.92 Å². The number of methoxy groups -OCH3 is 2. The first-order chi connectivity index (χ1) is 14.0. The molecule has 0 amide bonds. The molecule has 3 atom stereocenters. The van der Waals surface area contributed by atoms with Gasteiger partial charge in [-0.1, -0.05) is 59.4 Å². The maximum absolute atomic E-state index is 5.36. The summed E-state index contributed by atoms with van der Waals surface area (Å²) in [6.45, 7) is 7.32. The fourth-order valence-electron chi connectivity index (χ4n) is 4.79. The van der Waals surface area contributed by atoms with Gasteiger partial charge in [0, 0.05) is 0 Å². The van der Waals surface area contributed by atoms with Crippen molar-refractivity contribution >= 4 is 7.92 Å². The van der Waals surface area contributed by atoms with E-state index in [-0.39, 0.29) is 7.92 Å². The Hall–Kier alpha value is -1.53. The van der Waals surface area contributed by atoms with E-state index < -0.39 is 0 Å². The third kappa shape index (κ3) is 5.98. The van der Waals surface area contributed by atoms with Crippen LogP contribution in [-0.4, -0.2) is 19.9 Å². The maximum Gasteiger partial charge on any atom is 0.118 e. The van der Waals surface area contributed by atoms with Gasteiger partial charge in [-0.2, -0.15) is 0 Å². The second kappa shape index (κ2) is 10.5. The topological polar surface area (TPSA) is 18.5 Å². The van der Waals surface area contributed by atoms with Crippen LogP contribution in [-0.2, 0) is 12.3 Å². The number of hydrogen-bond donors (Lipinski definition) is 0. The van der Waals surface area contributed by atoms with Crippen LogP contribution in [0.25, 0.3) is 0 Å². The molecule has 0 saturated heterocycles. The standard InChI is InChI=1S/C26H37O2P/c1-19(2)25-15-6-20(3)16-26(25)29(17-21-7-11-23(27-4)12-8-21)18-22-9-13-24(28-5)14-10-22/h7-14,19-20,25-26H,6,15-18H2,1-5H3. The maximum atomic E-state index is 5.36. The van der Waals surface area contributed by atoms with Crippen molar-refractivity contribution in [2.24, 2.45) is 17.8 Å². The first-order valence-electron chi connectivity index (χ1n) is 11.0.